The van der Waals surface area contributed by atoms with Crippen LogP contribution < -0.4 is 0 Å². The van der Waals surface area contributed by atoms with Crippen LogP contribution in [0.15, 0.2) is 18.2 Å². The molecule has 0 aliphatic rings. The minimum absolute atomic E-state index is 0.102. The lowest BCUT2D eigenvalue weighted by Gasteiger charge is -2.10. The van der Waals surface area contributed by atoms with Crippen LogP contribution in [-0.4, -0.2) is 9.55 Å². The maximum atomic E-state index is 6.26. The van der Waals surface area contributed by atoms with Gasteiger partial charge in [-0.15, -0.1) is 11.6 Å². The summed E-state index contributed by atoms with van der Waals surface area (Å²) in [6.45, 7) is 5.03. The molecule has 0 radical (unpaired) electrons. The molecule has 0 N–H and O–H groups in total. The van der Waals surface area contributed by atoms with Gasteiger partial charge in [0.1, 0.15) is 5.82 Å². The first kappa shape index (κ1) is 12.7. The number of benzene rings is 1. The standard InChI is InChI=1S/C13H16Cl2N2/c1-3-4-8-17-12-10(15)6-5-7-11(12)16-13(17)9(2)14/h5-7,9H,3-4,8H2,1-2H3/t9-/m0/s1. The summed E-state index contributed by atoms with van der Waals surface area (Å²) in [5, 5.41) is 0.644. The molecule has 1 heterocycles. The van der Waals surface area contributed by atoms with E-state index in [1.54, 1.807) is 0 Å². The average Bonchev–Trinajstić information content (AvgIpc) is 2.66. The van der Waals surface area contributed by atoms with Gasteiger partial charge in [-0.1, -0.05) is 31.0 Å². The Bertz CT molecular complexity index is 517. The molecule has 0 aliphatic heterocycles. The number of hydrogen-bond donors (Lipinski definition) is 0. The van der Waals surface area contributed by atoms with Gasteiger partial charge in [0.05, 0.1) is 21.4 Å². The molecule has 2 rings (SSSR count). The van der Waals surface area contributed by atoms with E-state index in [0.29, 0.717) is 0 Å². The van der Waals surface area contributed by atoms with Crippen LogP contribution >= 0.6 is 23.2 Å². The highest BCUT2D eigenvalue weighted by atomic mass is 35.5. The molecule has 0 unspecified atom stereocenters. The van der Waals surface area contributed by atoms with Crippen LogP contribution in [0.25, 0.3) is 11.0 Å². The predicted octanol–water partition coefficient (Wildman–Crippen LogP) is 4.79. The number of alkyl halides is 1. The summed E-state index contributed by atoms with van der Waals surface area (Å²) in [4.78, 5) is 4.57. The van der Waals surface area contributed by atoms with Gasteiger partial charge in [0.15, 0.2) is 0 Å². The van der Waals surface area contributed by atoms with Gasteiger partial charge in [-0.2, -0.15) is 0 Å². The summed E-state index contributed by atoms with van der Waals surface area (Å²) in [6, 6.07) is 5.80. The summed E-state index contributed by atoms with van der Waals surface area (Å²) in [7, 11) is 0. The quantitative estimate of drug-likeness (QED) is 0.731. The summed E-state index contributed by atoms with van der Waals surface area (Å²) in [6.07, 6.45) is 2.24. The smallest absolute Gasteiger partial charge is 0.127 e. The van der Waals surface area contributed by atoms with Gasteiger partial charge in [0.25, 0.3) is 0 Å². The number of imidazole rings is 1. The van der Waals surface area contributed by atoms with E-state index in [4.69, 9.17) is 23.2 Å². The predicted molar refractivity (Wildman–Crippen MR) is 73.9 cm³/mol. The largest absolute Gasteiger partial charge is 0.326 e. The Kier molecular flexibility index (Phi) is 3.95. The Morgan fingerprint density at radius 3 is 2.82 bits per heavy atom. The van der Waals surface area contributed by atoms with E-state index >= 15 is 0 Å². The number of halogens is 2. The van der Waals surface area contributed by atoms with Crippen molar-refractivity contribution < 1.29 is 0 Å². The van der Waals surface area contributed by atoms with Gasteiger partial charge in [0, 0.05) is 6.54 Å². The van der Waals surface area contributed by atoms with E-state index in [1.165, 1.54) is 0 Å². The van der Waals surface area contributed by atoms with Crippen molar-refractivity contribution >= 4 is 34.2 Å². The molecule has 1 aromatic heterocycles. The molecule has 4 heteroatoms. The number of aromatic nitrogens is 2. The molecule has 0 saturated carbocycles. The summed E-state index contributed by atoms with van der Waals surface area (Å²) in [5.74, 6) is 0.906. The van der Waals surface area contributed by atoms with Gasteiger partial charge >= 0.3 is 0 Å². The van der Waals surface area contributed by atoms with Crippen LogP contribution in [0.4, 0.5) is 0 Å². The van der Waals surface area contributed by atoms with E-state index in [9.17, 15) is 0 Å². The van der Waals surface area contributed by atoms with Gasteiger partial charge in [0.2, 0.25) is 0 Å². The average molecular weight is 271 g/mol. The lowest BCUT2D eigenvalue weighted by atomic mass is 10.3. The van der Waals surface area contributed by atoms with Crippen LogP contribution in [0.5, 0.6) is 0 Å². The van der Waals surface area contributed by atoms with Crippen molar-refractivity contribution in [1.82, 2.24) is 9.55 Å². The SMILES string of the molecule is CCCCn1c([C@H](C)Cl)nc2cccc(Cl)c21. The molecular formula is C13H16Cl2N2. The summed E-state index contributed by atoms with van der Waals surface area (Å²) < 4.78 is 2.15. The van der Waals surface area contributed by atoms with Crippen LogP contribution in [0, 0.1) is 0 Å². The molecular weight excluding hydrogens is 255 g/mol. The van der Waals surface area contributed by atoms with Crippen molar-refractivity contribution in [3.8, 4) is 0 Å². The first-order valence-electron chi connectivity index (χ1n) is 5.94. The minimum Gasteiger partial charge on any atom is -0.326 e. The number of rotatable bonds is 4. The Balaban J connectivity index is 2.60. The van der Waals surface area contributed by atoms with Crippen molar-refractivity contribution in [2.45, 2.75) is 38.6 Å². The number of para-hydroxylation sites is 1. The lowest BCUT2D eigenvalue weighted by molar-refractivity contribution is 0.616. The van der Waals surface area contributed by atoms with Crippen molar-refractivity contribution in [3.63, 3.8) is 0 Å². The topological polar surface area (TPSA) is 17.8 Å². The highest BCUT2D eigenvalue weighted by Crippen LogP contribution is 2.29. The second-order valence-corrected chi connectivity index (χ2v) is 5.26. The number of hydrogen-bond acceptors (Lipinski definition) is 1. The number of aryl methyl sites for hydroxylation is 1. The van der Waals surface area contributed by atoms with Crippen molar-refractivity contribution in [2.75, 3.05) is 0 Å². The Hall–Kier alpha value is -0.730. The Morgan fingerprint density at radius 2 is 2.18 bits per heavy atom. The van der Waals surface area contributed by atoms with Gasteiger partial charge in [-0.05, 0) is 25.5 Å². The monoisotopic (exact) mass is 270 g/mol. The minimum atomic E-state index is -0.102. The van der Waals surface area contributed by atoms with Crippen LogP contribution in [0.3, 0.4) is 0 Å². The second kappa shape index (κ2) is 5.28. The molecule has 2 nitrogen and oxygen atoms in total. The Labute approximate surface area is 112 Å². The molecule has 0 fully saturated rings. The third-order valence-electron chi connectivity index (χ3n) is 2.84. The molecule has 17 heavy (non-hydrogen) atoms. The number of fused-ring (bicyclic) bond motifs is 1. The number of nitrogens with zero attached hydrogens (tertiary/aromatic N) is 2. The van der Waals surface area contributed by atoms with Crippen molar-refractivity contribution in [1.29, 1.82) is 0 Å². The Morgan fingerprint density at radius 1 is 1.41 bits per heavy atom. The van der Waals surface area contributed by atoms with Gasteiger partial charge in [-0.3, -0.25) is 0 Å². The first-order chi connectivity index (χ1) is 8.15. The molecule has 0 aliphatic carbocycles. The fourth-order valence-corrected chi connectivity index (χ4v) is 2.44. The molecule has 2 aromatic rings. The molecule has 0 bridgehead atoms. The third kappa shape index (κ3) is 2.43. The molecule has 0 amide bonds. The van der Waals surface area contributed by atoms with Crippen LogP contribution in [0.2, 0.25) is 5.02 Å². The maximum absolute atomic E-state index is 6.26. The van der Waals surface area contributed by atoms with E-state index < -0.39 is 0 Å². The molecule has 0 spiro atoms. The zero-order valence-electron chi connectivity index (χ0n) is 10.1. The van der Waals surface area contributed by atoms with Crippen LogP contribution in [0.1, 0.15) is 37.9 Å². The summed E-state index contributed by atoms with van der Waals surface area (Å²) >= 11 is 12.4. The van der Waals surface area contributed by atoms with E-state index in [2.05, 4.69) is 16.5 Å². The highest BCUT2D eigenvalue weighted by molar-refractivity contribution is 6.35. The van der Waals surface area contributed by atoms with Gasteiger partial charge < -0.3 is 4.57 Å². The highest BCUT2D eigenvalue weighted by Gasteiger charge is 2.16. The van der Waals surface area contributed by atoms with E-state index in [-0.39, 0.29) is 5.38 Å². The fraction of sp³-hybridized carbons (Fsp3) is 0.462. The van der Waals surface area contributed by atoms with Crippen molar-refractivity contribution in [3.05, 3.63) is 29.0 Å². The molecule has 0 saturated heterocycles. The molecule has 92 valence electrons. The summed E-state index contributed by atoms with van der Waals surface area (Å²) in [5.41, 5.74) is 1.93. The molecule has 1 atom stereocenters. The zero-order chi connectivity index (χ0) is 12.4. The van der Waals surface area contributed by atoms with Crippen molar-refractivity contribution in [2.24, 2.45) is 0 Å². The third-order valence-corrected chi connectivity index (χ3v) is 3.34. The van der Waals surface area contributed by atoms with E-state index in [1.807, 2.05) is 25.1 Å². The normalized spacial score (nSPS) is 13.2. The number of unbranched alkanes of at least 4 members (excludes halogenated alkanes) is 1. The molecule has 1 aromatic carbocycles. The second-order valence-electron chi connectivity index (χ2n) is 4.20. The first-order valence-corrected chi connectivity index (χ1v) is 6.75. The van der Waals surface area contributed by atoms with Gasteiger partial charge in [-0.25, -0.2) is 4.98 Å². The fourth-order valence-electron chi connectivity index (χ4n) is 2.01. The van der Waals surface area contributed by atoms with E-state index in [0.717, 1.165) is 41.3 Å². The zero-order valence-corrected chi connectivity index (χ0v) is 11.6. The van der Waals surface area contributed by atoms with Crippen LogP contribution in [-0.2, 0) is 6.54 Å². The maximum Gasteiger partial charge on any atom is 0.127 e. The lowest BCUT2D eigenvalue weighted by Crippen LogP contribution is -2.04.